The normalized spacial score (nSPS) is 20.8. The molecule has 72 heavy (non-hydrogen) atoms. The second-order valence-corrected chi connectivity index (χ2v) is 16.9. The smallest absolute Gasteiger partial charge is 0.421 e. The van der Waals surface area contributed by atoms with Crippen LogP contribution in [0.1, 0.15) is 58.0 Å². The van der Waals surface area contributed by atoms with Crippen molar-refractivity contribution < 1.29 is 62.5 Å². The van der Waals surface area contributed by atoms with Crippen molar-refractivity contribution in [2.45, 2.75) is 42.7 Å². The van der Waals surface area contributed by atoms with Crippen molar-refractivity contribution >= 4 is 47.2 Å². The highest BCUT2D eigenvalue weighted by Crippen LogP contribution is 2.66. The van der Waals surface area contributed by atoms with Crippen LogP contribution in [0.25, 0.3) is 0 Å². The summed E-state index contributed by atoms with van der Waals surface area (Å²) in [5.41, 5.74) is -0.169. The average molecular weight is 977 g/mol. The molecule has 0 aromatic heterocycles. The van der Waals surface area contributed by atoms with Gasteiger partial charge in [0.2, 0.25) is 11.8 Å². The van der Waals surface area contributed by atoms with E-state index in [4.69, 9.17) is 23.7 Å². The minimum Gasteiger partial charge on any atom is -0.491 e. The van der Waals surface area contributed by atoms with E-state index in [2.05, 4.69) is 23.7 Å². The molecule has 3 heterocycles. The molecule has 3 aliphatic rings. The molecule has 368 valence electrons. The van der Waals surface area contributed by atoms with Gasteiger partial charge in [0.25, 0.3) is 5.69 Å². The molecule has 1 spiro atoms. The molecule has 0 radical (unpaired) electrons. The number of methoxy groups -OCH3 is 2. The fourth-order valence-electron chi connectivity index (χ4n) is 9.91. The van der Waals surface area contributed by atoms with E-state index in [0.29, 0.717) is 22.3 Å². The van der Waals surface area contributed by atoms with E-state index < -0.39 is 88.8 Å². The number of esters is 3. The number of carbonyl (C=O) groups excluding carboxylic acids is 6. The number of morpholine rings is 1. The number of hydrogen-bond donors (Lipinski definition) is 2. The van der Waals surface area contributed by atoms with Gasteiger partial charge in [0, 0.05) is 30.7 Å². The quantitative estimate of drug-likeness (QED) is 0.0234. The molecule has 5 aromatic rings. The minimum absolute atomic E-state index is 0.0236. The maximum atomic E-state index is 16.4. The van der Waals surface area contributed by atoms with Gasteiger partial charge in [-0.1, -0.05) is 90.7 Å². The number of amides is 3. The summed E-state index contributed by atoms with van der Waals surface area (Å²) in [6.07, 6.45) is -1.09. The van der Waals surface area contributed by atoms with Crippen molar-refractivity contribution in [1.29, 1.82) is 0 Å². The molecule has 0 bridgehead atoms. The predicted molar refractivity (Wildman–Crippen MR) is 256 cm³/mol. The number of non-ortho nitro benzene ring substituents is 1. The number of aliphatic hydroxyl groups is 1. The Balaban J connectivity index is 1.41. The molecule has 3 amide bonds. The number of hydrogen-bond acceptors (Lipinski definition) is 15. The Bertz CT molecular complexity index is 2960. The van der Waals surface area contributed by atoms with Crippen molar-refractivity contribution in [2.24, 2.45) is 11.8 Å². The summed E-state index contributed by atoms with van der Waals surface area (Å²) in [7, 11) is 2.24. The molecule has 2 saturated heterocycles. The first kappa shape index (κ1) is 49.8. The maximum Gasteiger partial charge on any atom is 0.421 e. The first-order chi connectivity index (χ1) is 34.9. The van der Waals surface area contributed by atoms with Crippen molar-refractivity contribution in [1.82, 2.24) is 10.2 Å². The third-order valence-corrected chi connectivity index (χ3v) is 12.9. The highest BCUT2D eigenvalue weighted by molar-refractivity contribution is 6.23. The largest absolute Gasteiger partial charge is 0.491 e. The van der Waals surface area contributed by atoms with Crippen LogP contribution in [0.15, 0.2) is 140 Å². The lowest BCUT2D eigenvalue weighted by Gasteiger charge is -2.46. The molecule has 2 N–H and O–H groups in total. The lowest BCUT2D eigenvalue weighted by molar-refractivity contribution is -0.384. The standard InChI is InChI=1S/C54H48N4O14/c1-4-27-55-48(60)43-45-51(63)72-46(36-16-9-6-10-17-36)44(35-14-7-5-8-15-35)57(45)47(37-18-12-19-39(31-37)70-29-28-59)54(43)41-30-33(13-11-20-40(49(61)68-2)50(62)69-3)23-26-42(41)56(52(54)64)53(65)71-32-34-21-24-38(25-22-34)58(66)67/h4-10,12,14-19,21-26,30-31,40,43-47,59H,1,20,27-29,32H2,2-3H3,(H,55,60)/t43-,44-,45-,46+,47+,54-/m0/s1. The van der Waals surface area contributed by atoms with E-state index in [0.717, 1.165) is 19.1 Å². The van der Waals surface area contributed by atoms with Gasteiger partial charge in [-0.2, -0.15) is 0 Å². The number of aliphatic hydroxyl groups excluding tert-OH is 1. The lowest BCUT2D eigenvalue weighted by Crippen LogP contribution is -2.55. The van der Waals surface area contributed by atoms with Gasteiger partial charge in [0.1, 0.15) is 36.5 Å². The third-order valence-electron chi connectivity index (χ3n) is 12.9. The Morgan fingerprint density at radius 2 is 1.54 bits per heavy atom. The van der Waals surface area contributed by atoms with Crippen LogP contribution in [0.2, 0.25) is 0 Å². The van der Waals surface area contributed by atoms with Gasteiger partial charge in [-0.25, -0.2) is 9.69 Å². The first-order valence-electron chi connectivity index (χ1n) is 22.7. The number of nitro groups is 1. The summed E-state index contributed by atoms with van der Waals surface area (Å²) in [5, 5.41) is 24.0. The summed E-state index contributed by atoms with van der Waals surface area (Å²) in [6.45, 7) is 2.83. The zero-order valence-electron chi connectivity index (χ0n) is 39.0. The monoisotopic (exact) mass is 976 g/mol. The second kappa shape index (κ2) is 21.5. The Labute approximate surface area is 413 Å². The van der Waals surface area contributed by atoms with Crippen LogP contribution in [0.4, 0.5) is 16.2 Å². The first-order valence-corrected chi connectivity index (χ1v) is 22.7. The fraction of sp³-hybridized carbons (Fsp3) is 0.259. The van der Waals surface area contributed by atoms with Crippen molar-refractivity contribution in [3.8, 4) is 17.6 Å². The van der Waals surface area contributed by atoms with E-state index in [9.17, 15) is 29.6 Å². The SMILES string of the molecule is C=CCNC(=O)[C@@H]1[C@H]2C(=O)O[C@H](c3ccccc3)[C@H](c3ccccc3)N2[C@H](c2cccc(OCCO)c2)[C@@]12C(=O)N(C(=O)OCc1ccc([N+](=O)[O-])cc1)c1ccc(C#CCC(C(=O)OC)C(=O)OC)cc12. The van der Waals surface area contributed by atoms with E-state index >= 15 is 14.4 Å². The Kier molecular flexibility index (Phi) is 14.9. The van der Waals surface area contributed by atoms with Crippen LogP contribution in [0, 0.1) is 33.8 Å². The third kappa shape index (κ3) is 9.26. The van der Waals surface area contributed by atoms with Crippen molar-refractivity contribution in [3.05, 3.63) is 184 Å². The van der Waals surface area contributed by atoms with Gasteiger partial charge in [0.05, 0.1) is 49.4 Å². The number of benzene rings is 5. The second-order valence-electron chi connectivity index (χ2n) is 16.9. The number of nitro benzene ring substituents is 1. The summed E-state index contributed by atoms with van der Waals surface area (Å²) < 4.78 is 27.9. The number of nitrogens with zero attached hydrogens (tertiary/aromatic N) is 3. The molecule has 5 aromatic carbocycles. The summed E-state index contributed by atoms with van der Waals surface area (Å²) in [6, 6.07) is 30.8. The minimum atomic E-state index is -2.23. The lowest BCUT2D eigenvalue weighted by atomic mass is 9.65. The number of rotatable bonds is 15. The van der Waals surface area contributed by atoms with Gasteiger partial charge in [0.15, 0.2) is 5.92 Å². The van der Waals surface area contributed by atoms with Crippen LogP contribution < -0.4 is 15.0 Å². The number of nitrogens with one attached hydrogen (secondary N) is 1. The number of anilines is 1. The highest BCUT2D eigenvalue weighted by Gasteiger charge is 2.75. The molecule has 0 aliphatic carbocycles. The van der Waals surface area contributed by atoms with Crippen LogP contribution in [0.5, 0.6) is 5.75 Å². The molecule has 18 heteroatoms. The van der Waals surface area contributed by atoms with Crippen molar-refractivity contribution in [3.63, 3.8) is 0 Å². The number of carbonyl (C=O) groups is 6. The predicted octanol–water partition coefficient (Wildman–Crippen LogP) is 5.97. The maximum absolute atomic E-state index is 16.4. The highest BCUT2D eigenvalue weighted by atomic mass is 16.6. The Morgan fingerprint density at radius 3 is 2.18 bits per heavy atom. The van der Waals surface area contributed by atoms with E-state index in [1.54, 1.807) is 48.5 Å². The van der Waals surface area contributed by atoms with Gasteiger partial charge in [-0.05, 0) is 70.3 Å². The van der Waals surface area contributed by atoms with Gasteiger partial charge in [-0.3, -0.25) is 39.0 Å². The average Bonchev–Trinajstić information content (AvgIpc) is 3.86. The van der Waals surface area contributed by atoms with E-state index in [1.165, 1.54) is 48.5 Å². The molecular formula is C54H48N4O14. The number of fused-ring (bicyclic) bond motifs is 3. The Hall–Kier alpha value is -8.66. The molecule has 18 nitrogen and oxygen atoms in total. The van der Waals surface area contributed by atoms with Gasteiger partial charge < -0.3 is 34.1 Å². The van der Waals surface area contributed by atoms with E-state index in [1.807, 2.05) is 41.3 Å². The zero-order valence-corrected chi connectivity index (χ0v) is 39.0. The van der Waals surface area contributed by atoms with Crippen LogP contribution in [-0.4, -0.2) is 90.8 Å². The number of imide groups is 1. The molecular weight excluding hydrogens is 929 g/mol. The molecule has 0 saturated carbocycles. The van der Waals surface area contributed by atoms with Gasteiger partial charge in [-0.15, -0.1) is 6.58 Å². The Morgan fingerprint density at radius 1 is 0.875 bits per heavy atom. The van der Waals surface area contributed by atoms with Crippen LogP contribution >= 0.6 is 0 Å². The zero-order chi connectivity index (χ0) is 51.1. The number of cyclic esters (lactones) is 1. The summed E-state index contributed by atoms with van der Waals surface area (Å²) in [5.74, 6) is -1.31. The summed E-state index contributed by atoms with van der Waals surface area (Å²) >= 11 is 0. The molecule has 6 atom stereocenters. The topological polar surface area (TPSA) is 230 Å². The molecule has 3 aliphatic heterocycles. The van der Waals surface area contributed by atoms with E-state index in [-0.39, 0.29) is 54.4 Å². The summed E-state index contributed by atoms with van der Waals surface area (Å²) in [4.78, 5) is 101. The molecule has 2 fully saturated rings. The fourth-order valence-corrected chi connectivity index (χ4v) is 9.91. The molecule has 8 rings (SSSR count). The molecule has 0 unspecified atom stereocenters. The van der Waals surface area contributed by atoms with Gasteiger partial charge >= 0.3 is 24.0 Å². The van der Waals surface area contributed by atoms with Crippen LogP contribution in [0.3, 0.4) is 0 Å². The van der Waals surface area contributed by atoms with Crippen molar-refractivity contribution in [2.75, 3.05) is 38.9 Å². The number of ether oxygens (including phenoxy) is 5. The van der Waals surface area contributed by atoms with Crippen LogP contribution in [-0.2, 0) is 54.9 Å².